The predicted octanol–water partition coefficient (Wildman–Crippen LogP) is 4.12. The van der Waals surface area contributed by atoms with Gasteiger partial charge in [0, 0.05) is 6.04 Å². The number of nitrogens with two attached hydrogens (primary N) is 1. The van der Waals surface area contributed by atoms with Gasteiger partial charge in [0.2, 0.25) is 0 Å². The van der Waals surface area contributed by atoms with Crippen LogP contribution in [0.25, 0.3) is 10.8 Å². The molecule has 0 saturated heterocycles. The average Bonchev–Trinajstić information content (AvgIpc) is 2.51. The first-order valence-corrected chi connectivity index (χ1v) is 8.65. The van der Waals surface area contributed by atoms with Crippen molar-refractivity contribution in [1.82, 2.24) is 0 Å². The number of hydrogen-bond donors (Lipinski definition) is 1. The van der Waals surface area contributed by atoms with Gasteiger partial charge in [0.1, 0.15) is 11.4 Å². The van der Waals surface area contributed by atoms with Crippen LogP contribution in [0.2, 0.25) is 0 Å². The molecular weight excluding hydrogens is 270 g/mol. The number of benzene rings is 2. The third-order valence-corrected chi connectivity index (χ3v) is 6.36. The highest BCUT2D eigenvalue weighted by molar-refractivity contribution is 5.83. The maximum atomic E-state index is 6.64. The molecule has 2 heteroatoms. The van der Waals surface area contributed by atoms with Gasteiger partial charge in [-0.1, -0.05) is 30.3 Å². The highest BCUT2D eigenvalue weighted by Gasteiger charge is 2.57. The van der Waals surface area contributed by atoms with Gasteiger partial charge >= 0.3 is 0 Å². The fourth-order valence-corrected chi connectivity index (χ4v) is 5.62. The molecule has 2 N–H and O–H groups in total. The maximum Gasteiger partial charge on any atom is 0.125 e. The second-order valence-electron chi connectivity index (χ2n) is 7.81. The van der Waals surface area contributed by atoms with E-state index < -0.39 is 0 Å². The van der Waals surface area contributed by atoms with E-state index in [4.69, 9.17) is 10.5 Å². The summed E-state index contributed by atoms with van der Waals surface area (Å²) in [5.41, 5.74) is 6.54. The molecule has 5 atom stereocenters. The molecule has 0 aliphatic heterocycles. The molecule has 4 fully saturated rings. The summed E-state index contributed by atoms with van der Waals surface area (Å²) in [6.45, 7) is 0. The van der Waals surface area contributed by atoms with Gasteiger partial charge in [-0.25, -0.2) is 0 Å². The van der Waals surface area contributed by atoms with Crippen LogP contribution < -0.4 is 10.5 Å². The van der Waals surface area contributed by atoms with Gasteiger partial charge in [0.25, 0.3) is 0 Å². The van der Waals surface area contributed by atoms with Gasteiger partial charge in [-0.05, 0) is 72.8 Å². The summed E-state index contributed by atoms with van der Waals surface area (Å²) in [6.07, 6.45) is 6.40. The number of fused-ring (bicyclic) bond motifs is 1. The molecule has 3 unspecified atom stereocenters. The van der Waals surface area contributed by atoms with E-state index in [1.54, 1.807) is 0 Å². The van der Waals surface area contributed by atoms with Crippen molar-refractivity contribution in [3.63, 3.8) is 0 Å². The maximum absolute atomic E-state index is 6.64. The minimum Gasteiger partial charge on any atom is -0.486 e. The van der Waals surface area contributed by atoms with E-state index in [0.29, 0.717) is 5.92 Å². The summed E-state index contributed by atoms with van der Waals surface area (Å²) in [5, 5.41) is 2.52. The first-order valence-electron chi connectivity index (χ1n) is 8.65. The first-order chi connectivity index (χ1) is 10.7. The molecule has 4 aliphatic rings. The Hall–Kier alpha value is -1.54. The largest absolute Gasteiger partial charge is 0.486 e. The molecular formula is C20H23NO. The predicted molar refractivity (Wildman–Crippen MR) is 88.8 cm³/mol. The summed E-state index contributed by atoms with van der Waals surface area (Å²) in [4.78, 5) is 0. The monoisotopic (exact) mass is 293 g/mol. The van der Waals surface area contributed by atoms with Crippen LogP contribution >= 0.6 is 0 Å². The minimum absolute atomic E-state index is 0.1000. The lowest BCUT2D eigenvalue weighted by Gasteiger charge is -2.59. The van der Waals surface area contributed by atoms with E-state index in [1.165, 1.54) is 30.0 Å². The Morgan fingerprint density at radius 2 is 1.64 bits per heavy atom. The molecule has 0 radical (unpaired) electrons. The number of hydrogen-bond acceptors (Lipinski definition) is 2. The molecule has 114 valence electrons. The van der Waals surface area contributed by atoms with Crippen LogP contribution in [0, 0.1) is 17.8 Å². The Morgan fingerprint density at radius 3 is 2.41 bits per heavy atom. The first kappa shape index (κ1) is 13.0. The van der Waals surface area contributed by atoms with E-state index in [2.05, 4.69) is 42.5 Å². The van der Waals surface area contributed by atoms with Crippen LogP contribution in [0.4, 0.5) is 0 Å². The molecule has 4 bridgehead atoms. The highest BCUT2D eigenvalue weighted by Crippen LogP contribution is 2.56. The van der Waals surface area contributed by atoms with Crippen molar-refractivity contribution in [2.75, 3.05) is 0 Å². The highest BCUT2D eigenvalue weighted by atomic mass is 16.5. The fraction of sp³-hybridized carbons (Fsp3) is 0.500. The Balaban J connectivity index is 1.51. The normalized spacial score (nSPS) is 39.3. The van der Waals surface area contributed by atoms with Gasteiger partial charge in [-0.3, -0.25) is 0 Å². The van der Waals surface area contributed by atoms with Gasteiger partial charge in [0.15, 0.2) is 0 Å². The quantitative estimate of drug-likeness (QED) is 0.903. The Morgan fingerprint density at radius 1 is 0.909 bits per heavy atom. The van der Waals surface area contributed by atoms with Crippen LogP contribution in [0.15, 0.2) is 42.5 Å². The molecule has 22 heavy (non-hydrogen) atoms. The number of ether oxygens (including phenoxy) is 1. The van der Waals surface area contributed by atoms with Crippen molar-refractivity contribution < 1.29 is 4.74 Å². The minimum atomic E-state index is -0.1000. The SMILES string of the molecule is NC1C2C[C@@H]3C[C@H](C2)CC1(Oc1ccc2ccccc2c1)C3. The summed E-state index contributed by atoms with van der Waals surface area (Å²) >= 11 is 0. The molecule has 0 heterocycles. The van der Waals surface area contributed by atoms with Gasteiger partial charge in [0.05, 0.1) is 0 Å². The van der Waals surface area contributed by atoms with Crippen LogP contribution in [0.3, 0.4) is 0 Å². The zero-order valence-electron chi connectivity index (χ0n) is 12.9. The van der Waals surface area contributed by atoms with Crippen LogP contribution in [-0.4, -0.2) is 11.6 Å². The smallest absolute Gasteiger partial charge is 0.125 e. The zero-order valence-corrected chi connectivity index (χ0v) is 12.9. The topological polar surface area (TPSA) is 35.2 Å². The molecule has 2 nitrogen and oxygen atoms in total. The Kier molecular flexibility index (Phi) is 2.64. The summed E-state index contributed by atoms with van der Waals surface area (Å²) in [5.74, 6) is 3.37. The molecule has 4 aliphatic carbocycles. The third-order valence-electron chi connectivity index (χ3n) is 6.36. The van der Waals surface area contributed by atoms with Crippen LogP contribution in [0.1, 0.15) is 32.1 Å². The Labute approximate surface area is 131 Å². The molecule has 0 amide bonds. The average molecular weight is 293 g/mol. The van der Waals surface area contributed by atoms with Crippen molar-refractivity contribution in [3.8, 4) is 5.75 Å². The standard InChI is InChI=1S/C20H23NO/c21-19-17-8-13-7-14(9-17)12-20(19,11-13)22-18-6-5-15-3-1-2-4-16(15)10-18/h1-6,10,13-14,17,19H,7-9,11-12,21H2/t13-,14+,17?,19?,20?. The van der Waals surface area contributed by atoms with Crippen molar-refractivity contribution in [3.05, 3.63) is 42.5 Å². The van der Waals surface area contributed by atoms with Gasteiger partial charge < -0.3 is 10.5 Å². The second kappa shape index (κ2) is 4.48. The van der Waals surface area contributed by atoms with Crippen LogP contribution in [-0.2, 0) is 0 Å². The molecule has 0 spiro atoms. The summed E-state index contributed by atoms with van der Waals surface area (Å²) in [7, 11) is 0. The summed E-state index contributed by atoms with van der Waals surface area (Å²) < 4.78 is 6.61. The lowest BCUT2D eigenvalue weighted by molar-refractivity contribution is -0.123. The van der Waals surface area contributed by atoms with Crippen molar-refractivity contribution in [2.24, 2.45) is 23.5 Å². The fourth-order valence-electron chi connectivity index (χ4n) is 5.62. The van der Waals surface area contributed by atoms with Crippen molar-refractivity contribution in [1.29, 1.82) is 0 Å². The molecule has 4 saturated carbocycles. The van der Waals surface area contributed by atoms with Crippen molar-refractivity contribution >= 4 is 10.8 Å². The molecule has 6 rings (SSSR count). The van der Waals surface area contributed by atoms with E-state index in [-0.39, 0.29) is 11.6 Å². The molecule has 0 aromatic heterocycles. The van der Waals surface area contributed by atoms with E-state index in [1.807, 2.05) is 0 Å². The summed E-state index contributed by atoms with van der Waals surface area (Å²) in [6, 6.07) is 15.1. The molecule has 2 aromatic rings. The van der Waals surface area contributed by atoms with E-state index in [0.717, 1.165) is 30.4 Å². The van der Waals surface area contributed by atoms with E-state index >= 15 is 0 Å². The lowest BCUT2D eigenvalue weighted by atomic mass is 9.52. The third kappa shape index (κ3) is 1.83. The van der Waals surface area contributed by atoms with Gasteiger partial charge in [-0.2, -0.15) is 0 Å². The molecule has 2 aromatic carbocycles. The number of rotatable bonds is 2. The van der Waals surface area contributed by atoms with Gasteiger partial charge in [-0.15, -0.1) is 0 Å². The lowest BCUT2D eigenvalue weighted by Crippen LogP contribution is -2.66. The van der Waals surface area contributed by atoms with Crippen LogP contribution in [0.5, 0.6) is 5.75 Å². The Bertz CT molecular complexity index is 710. The van der Waals surface area contributed by atoms with E-state index in [9.17, 15) is 0 Å². The second-order valence-corrected chi connectivity index (χ2v) is 7.81. The van der Waals surface area contributed by atoms with Crippen molar-refractivity contribution in [2.45, 2.75) is 43.7 Å². The zero-order chi connectivity index (χ0) is 14.7.